The van der Waals surface area contributed by atoms with Crippen LogP contribution in [0.2, 0.25) is 18.1 Å². The van der Waals surface area contributed by atoms with Gasteiger partial charge in [-0.25, -0.2) is 0 Å². The number of hydrogen-bond donors (Lipinski definition) is 3. The number of epoxide rings is 1. The van der Waals surface area contributed by atoms with E-state index in [0.29, 0.717) is 13.0 Å². The third-order valence-corrected chi connectivity index (χ3v) is 13.6. The minimum Gasteiger partial charge on any atom is -0.481 e. The summed E-state index contributed by atoms with van der Waals surface area (Å²) in [5, 5.41) is 21.8. The molecule has 0 aliphatic carbocycles. The molecular formula is C32H53NO8Si. The topological polar surface area (TPSA) is 127 Å². The first kappa shape index (κ1) is 34.7. The van der Waals surface area contributed by atoms with Gasteiger partial charge in [-0.15, -0.1) is 0 Å². The van der Waals surface area contributed by atoms with E-state index in [0.717, 1.165) is 18.4 Å². The third kappa shape index (κ3) is 9.34. The lowest BCUT2D eigenvalue weighted by Gasteiger charge is -2.46. The molecule has 3 aliphatic heterocycles. The Morgan fingerprint density at radius 3 is 2.43 bits per heavy atom. The zero-order chi connectivity index (χ0) is 31.5. The molecule has 3 saturated heterocycles. The normalized spacial score (nSPS) is 35.1. The minimum atomic E-state index is -2.15. The average Bonchev–Trinajstić information content (AvgIpc) is 3.63. The van der Waals surface area contributed by atoms with Crippen LogP contribution in [0, 0.1) is 5.92 Å². The second-order valence-corrected chi connectivity index (χ2v) is 18.8. The summed E-state index contributed by atoms with van der Waals surface area (Å²) < 4.78 is 25.5. The molecule has 1 spiro atoms. The van der Waals surface area contributed by atoms with Crippen molar-refractivity contribution in [2.24, 2.45) is 5.92 Å². The maximum atomic E-state index is 12.2. The molecular weight excluding hydrogens is 554 g/mol. The van der Waals surface area contributed by atoms with E-state index < -0.39 is 38.2 Å². The molecule has 0 aromatic carbocycles. The first-order valence-electron chi connectivity index (χ1n) is 15.3. The van der Waals surface area contributed by atoms with Crippen LogP contribution in [0.25, 0.3) is 0 Å². The lowest BCUT2D eigenvalue weighted by Crippen LogP contribution is -2.57. The molecule has 0 aromatic rings. The molecule has 9 atom stereocenters. The van der Waals surface area contributed by atoms with E-state index in [4.69, 9.17) is 18.6 Å². The van der Waals surface area contributed by atoms with Crippen molar-refractivity contribution < 1.29 is 38.4 Å². The second-order valence-electron chi connectivity index (χ2n) is 14.0. The number of carbonyl (C=O) groups is 2. The van der Waals surface area contributed by atoms with Gasteiger partial charge in [-0.3, -0.25) is 9.59 Å². The summed E-state index contributed by atoms with van der Waals surface area (Å²) in [4.78, 5) is 23.7. The van der Waals surface area contributed by atoms with Crippen LogP contribution in [0.15, 0.2) is 36.0 Å². The van der Waals surface area contributed by atoms with Crippen LogP contribution in [-0.4, -0.2) is 85.3 Å². The summed E-state index contributed by atoms with van der Waals surface area (Å²) in [6.45, 7) is 19.3. The Hall–Kier alpha value is -1.82. The van der Waals surface area contributed by atoms with Gasteiger partial charge in [0.2, 0.25) is 5.91 Å². The van der Waals surface area contributed by atoms with Crippen LogP contribution in [0.3, 0.4) is 0 Å². The summed E-state index contributed by atoms with van der Waals surface area (Å²) in [5.74, 6) is -0.868. The lowest BCUT2D eigenvalue weighted by atomic mass is 9.87. The molecule has 0 saturated carbocycles. The Morgan fingerprint density at radius 1 is 1.19 bits per heavy atom. The number of amides is 1. The molecule has 3 heterocycles. The van der Waals surface area contributed by atoms with E-state index in [2.05, 4.69) is 52.2 Å². The van der Waals surface area contributed by atoms with Crippen LogP contribution in [0.4, 0.5) is 0 Å². The number of aliphatic hydroxyl groups excluding tert-OH is 1. The van der Waals surface area contributed by atoms with Crippen LogP contribution >= 0.6 is 0 Å². The third-order valence-electron chi connectivity index (χ3n) is 9.18. The van der Waals surface area contributed by atoms with Gasteiger partial charge < -0.3 is 34.2 Å². The SMILES string of the molecule is CC(C=C[C@H]1O[C@H](CC(=O)O)C[C@@]2(CO2)[C@@H]1O[Si](C)(C)C(C)(C)C)=CC[C@@H]1O[C@H](C)[C@H](NC(=O)C=C[C@H](C)O)C[C@@H]1C. The molecule has 3 aliphatic rings. The molecule has 0 aromatic heterocycles. The highest BCUT2D eigenvalue weighted by Crippen LogP contribution is 2.48. The fourth-order valence-electron chi connectivity index (χ4n) is 5.43. The summed E-state index contributed by atoms with van der Waals surface area (Å²) >= 11 is 0. The van der Waals surface area contributed by atoms with Gasteiger partial charge in [-0.2, -0.15) is 0 Å². The number of allylic oxidation sites excluding steroid dienone is 2. The van der Waals surface area contributed by atoms with Gasteiger partial charge in [0.05, 0.1) is 43.5 Å². The van der Waals surface area contributed by atoms with E-state index in [-0.39, 0.29) is 47.6 Å². The summed E-state index contributed by atoms with van der Waals surface area (Å²) in [6, 6.07) is -0.0932. The number of carboxylic acids is 1. The number of carboxylic acid groups (broad SMARTS) is 1. The first-order valence-corrected chi connectivity index (χ1v) is 18.2. The van der Waals surface area contributed by atoms with Gasteiger partial charge in [0, 0.05) is 12.5 Å². The molecule has 42 heavy (non-hydrogen) atoms. The zero-order valence-electron chi connectivity index (χ0n) is 26.9. The molecule has 9 nitrogen and oxygen atoms in total. The van der Waals surface area contributed by atoms with E-state index >= 15 is 0 Å². The number of rotatable bonds is 11. The molecule has 0 bridgehead atoms. The first-order chi connectivity index (χ1) is 19.4. The standard InChI is InChI=1S/C32H53NO8Si/c1-20(10-13-26-21(2)16-25(23(4)39-26)33-28(35)15-12-22(3)34)11-14-27-30(41-42(8,9)31(5,6)7)32(19-38-32)18-24(40-27)17-29(36)37/h10-12,14-15,21-27,30,34H,13,16-19H2,1-9H3,(H,33,35)(H,36,37)/t21-,22-,23+,24+,25+,26-,27+,30+,32+/m0/s1. The van der Waals surface area contributed by atoms with Gasteiger partial charge in [0.15, 0.2) is 8.32 Å². The van der Waals surface area contributed by atoms with Crippen molar-refractivity contribution in [1.82, 2.24) is 5.32 Å². The van der Waals surface area contributed by atoms with Crippen LogP contribution in [0.5, 0.6) is 0 Å². The highest BCUT2D eigenvalue weighted by molar-refractivity contribution is 6.74. The number of carbonyl (C=O) groups excluding carboxylic acids is 1. The predicted molar refractivity (Wildman–Crippen MR) is 165 cm³/mol. The van der Waals surface area contributed by atoms with E-state index in [9.17, 15) is 19.8 Å². The molecule has 3 rings (SSSR count). The van der Waals surface area contributed by atoms with Gasteiger partial charge >= 0.3 is 5.97 Å². The van der Waals surface area contributed by atoms with Gasteiger partial charge in [0.25, 0.3) is 0 Å². The number of hydrogen-bond acceptors (Lipinski definition) is 7. The smallest absolute Gasteiger partial charge is 0.305 e. The fraction of sp³-hybridized carbons (Fsp3) is 0.750. The van der Waals surface area contributed by atoms with Crippen LogP contribution < -0.4 is 5.32 Å². The quantitative estimate of drug-likeness (QED) is 0.131. The minimum absolute atomic E-state index is 0.00935. The largest absolute Gasteiger partial charge is 0.481 e. The molecule has 238 valence electrons. The molecule has 3 N–H and O–H groups in total. The van der Waals surface area contributed by atoms with Gasteiger partial charge in [-0.05, 0) is 57.7 Å². The van der Waals surface area contributed by atoms with Crippen molar-refractivity contribution in [3.8, 4) is 0 Å². The molecule has 1 amide bonds. The molecule has 10 heteroatoms. The molecule has 3 fully saturated rings. The van der Waals surface area contributed by atoms with Crippen molar-refractivity contribution in [1.29, 1.82) is 0 Å². The van der Waals surface area contributed by atoms with Crippen molar-refractivity contribution in [2.45, 2.75) is 141 Å². The number of aliphatic carboxylic acids is 1. The fourth-order valence-corrected chi connectivity index (χ4v) is 6.77. The lowest BCUT2D eigenvalue weighted by molar-refractivity contribution is -0.153. The van der Waals surface area contributed by atoms with Crippen molar-refractivity contribution in [2.75, 3.05) is 6.61 Å². The summed E-state index contributed by atoms with van der Waals surface area (Å²) in [5.41, 5.74) is 0.554. The Labute approximate surface area is 252 Å². The van der Waals surface area contributed by atoms with Crippen LogP contribution in [0.1, 0.15) is 74.1 Å². The summed E-state index contributed by atoms with van der Waals surface area (Å²) in [7, 11) is -2.15. The number of nitrogens with one attached hydrogen (secondary N) is 1. The average molecular weight is 608 g/mol. The maximum absolute atomic E-state index is 12.2. The maximum Gasteiger partial charge on any atom is 0.305 e. The molecule has 0 unspecified atom stereocenters. The van der Waals surface area contributed by atoms with Crippen LogP contribution in [-0.2, 0) is 28.2 Å². The Morgan fingerprint density at radius 2 is 1.86 bits per heavy atom. The summed E-state index contributed by atoms with van der Waals surface area (Å²) in [6.07, 6.45) is 9.07. The second kappa shape index (κ2) is 13.9. The van der Waals surface area contributed by atoms with E-state index in [1.165, 1.54) is 12.2 Å². The number of ether oxygens (including phenoxy) is 3. The zero-order valence-corrected chi connectivity index (χ0v) is 27.9. The highest BCUT2D eigenvalue weighted by atomic mass is 28.4. The van der Waals surface area contributed by atoms with E-state index in [1.54, 1.807) is 6.92 Å². The van der Waals surface area contributed by atoms with Gasteiger partial charge in [-0.1, -0.05) is 57.6 Å². The van der Waals surface area contributed by atoms with E-state index in [1.807, 2.05) is 26.0 Å². The Bertz CT molecular complexity index is 1040. The monoisotopic (exact) mass is 607 g/mol. The molecule has 0 radical (unpaired) electrons. The predicted octanol–water partition coefficient (Wildman–Crippen LogP) is 4.91. The van der Waals surface area contributed by atoms with Crippen molar-refractivity contribution in [3.63, 3.8) is 0 Å². The van der Waals surface area contributed by atoms with Gasteiger partial charge in [0.1, 0.15) is 17.8 Å². The van der Waals surface area contributed by atoms with Crippen molar-refractivity contribution >= 4 is 20.2 Å². The highest BCUT2D eigenvalue weighted by Gasteiger charge is 2.61. The Balaban J connectivity index is 1.67. The number of aliphatic hydroxyl groups is 1. The Kier molecular flexibility index (Phi) is 11.4. The van der Waals surface area contributed by atoms with Crippen molar-refractivity contribution in [3.05, 3.63) is 36.0 Å².